The van der Waals surface area contributed by atoms with E-state index in [4.69, 9.17) is 4.74 Å². The molecule has 1 aliphatic carbocycles. The van der Waals surface area contributed by atoms with Crippen LogP contribution in [0.4, 0.5) is 0 Å². The maximum absolute atomic E-state index is 12.4. The average Bonchev–Trinajstić information content (AvgIpc) is 2.56. The molecule has 24 heavy (non-hydrogen) atoms. The van der Waals surface area contributed by atoms with Crippen molar-refractivity contribution >= 4 is 7.37 Å². The molecule has 1 unspecified atom stereocenters. The van der Waals surface area contributed by atoms with E-state index in [1.165, 1.54) is 24.8 Å². The summed E-state index contributed by atoms with van der Waals surface area (Å²) in [5.74, 6) is 0.376. The number of hydrogen-bond acceptors (Lipinski definition) is 4. The Kier molecular flexibility index (Phi) is 8.49. The van der Waals surface area contributed by atoms with Gasteiger partial charge in [-0.25, -0.2) is 0 Å². The summed E-state index contributed by atoms with van der Waals surface area (Å²) in [5, 5.41) is 3.43. The van der Waals surface area contributed by atoms with Crippen molar-refractivity contribution < 1.29 is 43.8 Å². The van der Waals surface area contributed by atoms with Crippen LogP contribution in [0.25, 0.3) is 0 Å². The quantitative estimate of drug-likeness (QED) is 0.591. The van der Waals surface area contributed by atoms with Gasteiger partial charge in [0.1, 0.15) is 0 Å². The van der Waals surface area contributed by atoms with Crippen molar-refractivity contribution in [3.8, 4) is 0 Å². The molecule has 1 aliphatic heterocycles. The molecule has 128 valence electrons. The molecule has 0 bridgehead atoms. The van der Waals surface area contributed by atoms with Crippen molar-refractivity contribution in [2.24, 2.45) is 5.92 Å². The first-order valence-corrected chi connectivity index (χ1v) is 10.8. The second kappa shape index (κ2) is 9.87. The first-order chi connectivity index (χ1) is 11.1. The fourth-order valence-electron chi connectivity index (χ4n) is 3.79. The number of benzene rings is 1. The molecule has 6 heteroatoms. The summed E-state index contributed by atoms with van der Waals surface area (Å²) in [6.45, 7) is 1.15. The summed E-state index contributed by atoms with van der Waals surface area (Å²) in [4.78, 5) is 12.4. The van der Waals surface area contributed by atoms with Gasteiger partial charge in [-0.1, -0.05) is 62.4 Å². The van der Waals surface area contributed by atoms with Crippen LogP contribution in [0.15, 0.2) is 30.3 Å². The molecular formula is C18H27NNaO3P. The molecule has 2 fully saturated rings. The predicted octanol–water partition coefficient (Wildman–Crippen LogP) is -0.0612. The van der Waals surface area contributed by atoms with E-state index in [2.05, 4.69) is 17.4 Å². The van der Waals surface area contributed by atoms with E-state index in [-0.39, 0.29) is 47.9 Å². The molecule has 2 aliphatic rings. The van der Waals surface area contributed by atoms with Crippen molar-refractivity contribution in [3.63, 3.8) is 0 Å². The van der Waals surface area contributed by atoms with E-state index in [0.717, 1.165) is 12.8 Å². The van der Waals surface area contributed by atoms with Crippen LogP contribution in [0.3, 0.4) is 0 Å². The standard InChI is InChI=1S/C18H28NO3P.Na/c20-23(21,13-15-7-3-1-4-8-15)14-17-11-19-18(12-22-17)16-9-5-2-6-10-16;/h2,5-6,9-10,15,17-19H,1,3-4,7-8,11-14H2,(H,20,21);/q;+1/p-1/t17-,18+;/m1./s1. The zero-order valence-electron chi connectivity index (χ0n) is 14.7. The van der Waals surface area contributed by atoms with E-state index < -0.39 is 7.37 Å². The summed E-state index contributed by atoms with van der Waals surface area (Å²) in [6.07, 6.45) is 6.12. The molecule has 0 radical (unpaired) electrons. The van der Waals surface area contributed by atoms with Crippen LogP contribution < -0.4 is 39.8 Å². The van der Waals surface area contributed by atoms with Gasteiger partial charge in [0.25, 0.3) is 0 Å². The van der Waals surface area contributed by atoms with Crippen molar-refractivity contribution in [2.45, 2.75) is 44.2 Å². The summed E-state index contributed by atoms with van der Waals surface area (Å²) in [7, 11) is -3.34. The Morgan fingerprint density at radius 2 is 1.83 bits per heavy atom. The molecule has 4 nitrogen and oxygen atoms in total. The smallest absolute Gasteiger partial charge is 0.799 e. The number of nitrogens with one attached hydrogen (secondary N) is 1. The van der Waals surface area contributed by atoms with Crippen LogP contribution in [0.1, 0.15) is 43.7 Å². The first kappa shape index (κ1) is 20.6. The zero-order chi connectivity index (χ0) is 16.1. The minimum atomic E-state index is -3.34. The van der Waals surface area contributed by atoms with Gasteiger partial charge in [0, 0.05) is 20.1 Å². The number of ether oxygens (including phenoxy) is 1. The van der Waals surface area contributed by atoms with E-state index in [1.807, 2.05) is 18.2 Å². The summed E-state index contributed by atoms with van der Waals surface area (Å²) in [6, 6.07) is 10.3. The molecule has 1 heterocycles. The Morgan fingerprint density at radius 1 is 1.12 bits per heavy atom. The minimum Gasteiger partial charge on any atom is -0.799 e. The fourth-order valence-corrected chi connectivity index (χ4v) is 5.94. The molecule has 1 aromatic carbocycles. The van der Waals surface area contributed by atoms with Gasteiger partial charge in [0.05, 0.1) is 18.8 Å². The molecule has 3 atom stereocenters. The third-order valence-corrected chi connectivity index (χ3v) is 7.07. The Bertz CT molecular complexity index is 528. The van der Waals surface area contributed by atoms with Crippen LogP contribution in [-0.4, -0.2) is 31.6 Å². The van der Waals surface area contributed by atoms with E-state index >= 15 is 0 Å². The molecule has 3 rings (SSSR count). The number of rotatable bonds is 5. The third kappa shape index (κ3) is 6.25. The van der Waals surface area contributed by atoms with Crippen LogP contribution in [0.2, 0.25) is 0 Å². The van der Waals surface area contributed by atoms with Gasteiger partial charge >= 0.3 is 29.6 Å². The third-order valence-electron chi connectivity index (χ3n) is 5.04. The van der Waals surface area contributed by atoms with Crippen LogP contribution in [-0.2, 0) is 9.30 Å². The molecule has 1 saturated carbocycles. The van der Waals surface area contributed by atoms with Crippen molar-refractivity contribution in [2.75, 3.05) is 25.5 Å². The second-order valence-electron chi connectivity index (χ2n) is 7.01. The second-order valence-corrected chi connectivity index (χ2v) is 9.37. The normalized spacial score (nSPS) is 27.9. The van der Waals surface area contributed by atoms with Gasteiger partial charge in [0.2, 0.25) is 0 Å². The Morgan fingerprint density at radius 3 is 2.46 bits per heavy atom. The van der Waals surface area contributed by atoms with Crippen LogP contribution in [0.5, 0.6) is 0 Å². The molecule has 1 aromatic rings. The average molecular weight is 359 g/mol. The van der Waals surface area contributed by atoms with Crippen molar-refractivity contribution in [1.29, 1.82) is 0 Å². The first-order valence-electron chi connectivity index (χ1n) is 8.81. The molecule has 1 saturated heterocycles. The maximum atomic E-state index is 12.4. The maximum Gasteiger partial charge on any atom is 1.00 e. The Hall–Kier alpha value is 0.330. The van der Waals surface area contributed by atoms with Crippen LogP contribution >= 0.6 is 7.37 Å². The van der Waals surface area contributed by atoms with Crippen LogP contribution in [0, 0.1) is 5.92 Å². The van der Waals surface area contributed by atoms with Crippen molar-refractivity contribution in [1.82, 2.24) is 5.32 Å². The zero-order valence-corrected chi connectivity index (χ0v) is 17.5. The molecule has 0 aromatic heterocycles. The fraction of sp³-hybridized carbons (Fsp3) is 0.667. The van der Waals surface area contributed by atoms with E-state index in [9.17, 15) is 9.46 Å². The van der Waals surface area contributed by atoms with Gasteiger partial charge in [-0.05, 0) is 17.6 Å². The van der Waals surface area contributed by atoms with E-state index in [1.54, 1.807) is 0 Å². The SMILES string of the molecule is O=P([O-])(CC1CCCCC1)C[C@H]1CN[C@H](c2ccccc2)CO1.[Na+]. The van der Waals surface area contributed by atoms with Gasteiger partial charge in [-0.3, -0.25) is 0 Å². The predicted molar refractivity (Wildman–Crippen MR) is 90.8 cm³/mol. The van der Waals surface area contributed by atoms with Gasteiger partial charge in [-0.15, -0.1) is 0 Å². The monoisotopic (exact) mass is 359 g/mol. The summed E-state index contributed by atoms with van der Waals surface area (Å²) >= 11 is 0. The molecule has 0 amide bonds. The summed E-state index contributed by atoms with van der Waals surface area (Å²) < 4.78 is 18.3. The van der Waals surface area contributed by atoms with Gasteiger partial charge in [0.15, 0.2) is 0 Å². The van der Waals surface area contributed by atoms with Gasteiger partial charge in [-0.2, -0.15) is 0 Å². The number of hydrogen-bond donors (Lipinski definition) is 1. The van der Waals surface area contributed by atoms with Crippen molar-refractivity contribution in [3.05, 3.63) is 35.9 Å². The Balaban J connectivity index is 0.00000208. The minimum absolute atomic E-state index is 0. The molecular weight excluding hydrogens is 332 g/mol. The van der Waals surface area contributed by atoms with E-state index in [0.29, 0.717) is 25.2 Å². The molecule has 0 spiro atoms. The van der Waals surface area contributed by atoms with Gasteiger partial charge < -0.3 is 19.5 Å². The topological polar surface area (TPSA) is 61.4 Å². The molecule has 1 N–H and O–H groups in total. The number of morpholine rings is 1. The summed E-state index contributed by atoms with van der Waals surface area (Å²) in [5.41, 5.74) is 1.19. The largest absolute Gasteiger partial charge is 1.00 e. The Labute approximate surface area is 167 Å².